The Morgan fingerprint density at radius 1 is 1.17 bits per heavy atom. The molecule has 6 heteroatoms. The van der Waals surface area contributed by atoms with E-state index in [-0.39, 0.29) is 5.91 Å². The zero-order valence-corrected chi connectivity index (χ0v) is 9.90. The van der Waals surface area contributed by atoms with Crippen LogP contribution < -0.4 is 10.6 Å². The summed E-state index contributed by atoms with van der Waals surface area (Å²) in [7, 11) is 1.58. The quantitative estimate of drug-likeness (QED) is 0.673. The smallest absolute Gasteiger partial charge is 0.394 e. The van der Waals surface area contributed by atoms with Gasteiger partial charge < -0.3 is 15.7 Å². The fourth-order valence-corrected chi connectivity index (χ4v) is 1.32. The van der Waals surface area contributed by atoms with Crippen molar-refractivity contribution in [2.75, 3.05) is 12.4 Å². The van der Waals surface area contributed by atoms with Crippen LogP contribution in [0.15, 0.2) is 24.3 Å². The van der Waals surface area contributed by atoms with Crippen molar-refractivity contribution in [1.82, 2.24) is 5.32 Å². The van der Waals surface area contributed by atoms with Crippen LogP contribution in [0.25, 0.3) is 0 Å². The van der Waals surface area contributed by atoms with Gasteiger partial charge in [-0.3, -0.25) is 9.59 Å². The van der Waals surface area contributed by atoms with Gasteiger partial charge in [-0.15, -0.1) is 0 Å². The van der Waals surface area contributed by atoms with E-state index in [1.54, 1.807) is 31.3 Å². The van der Waals surface area contributed by atoms with E-state index in [4.69, 9.17) is 5.11 Å². The first-order chi connectivity index (χ1) is 8.52. The molecule has 1 aromatic carbocycles. The molecule has 0 aliphatic carbocycles. The van der Waals surface area contributed by atoms with Crippen LogP contribution in [0.3, 0.4) is 0 Å². The molecular formula is C12H14N2O4. The molecule has 0 saturated carbocycles. The van der Waals surface area contributed by atoms with Crippen molar-refractivity contribution in [2.45, 2.75) is 12.8 Å². The standard InChI is InChI=1S/C12H14N2O4/c1-13-10(15)7-4-8-2-5-9(6-3-8)14-11(16)12(17)18/h2-3,5-6H,4,7H2,1H3,(H,13,15)(H,14,16)(H,17,18). The molecule has 1 rings (SSSR count). The predicted molar refractivity (Wildman–Crippen MR) is 65.1 cm³/mol. The summed E-state index contributed by atoms with van der Waals surface area (Å²) < 4.78 is 0. The predicted octanol–water partition coefficient (Wildman–Crippen LogP) is 0.388. The highest BCUT2D eigenvalue weighted by Crippen LogP contribution is 2.11. The van der Waals surface area contributed by atoms with Crippen molar-refractivity contribution in [2.24, 2.45) is 0 Å². The molecule has 18 heavy (non-hydrogen) atoms. The Labute approximate surface area is 104 Å². The number of hydrogen-bond donors (Lipinski definition) is 3. The van der Waals surface area contributed by atoms with Gasteiger partial charge in [0.1, 0.15) is 0 Å². The van der Waals surface area contributed by atoms with Gasteiger partial charge in [-0.05, 0) is 24.1 Å². The minimum Gasteiger partial charge on any atom is -0.474 e. The molecule has 0 fully saturated rings. The lowest BCUT2D eigenvalue weighted by Crippen LogP contribution is -2.21. The number of carboxylic acids is 1. The zero-order valence-electron chi connectivity index (χ0n) is 9.90. The number of benzene rings is 1. The fraction of sp³-hybridized carbons (Fsp3) is 0.250. The third kappa shape index (κ3) is 4.25. The van der Waals surface area contributed by atoms with E-state index in [1.165, 1.54) is 0 Å². The molecule has 0 aliphatic rings. The molecule has 96 valence electrons. The van der Waals surface area contributed by atoms with Crippen LogP contribution in [0.2, 0.25) is 0 Å². The van der Waals surface area contributed by atoms with E-state index in [0.717, 1.165) is 5.56 Å². The van der Waals surface area contributed by atoms with E-state index >= 15 is 0 Å². The lowest BCUT2D eigenvalue weighted by molar-refractivity contribution is -0.147. The van der Waals surface area contributed by atoms with Crippen LogP contribution in [-0.4, -0.2) is 29.9 Å². The molecule has 3 N–H and O–H groups in total. The van der Waals surface area contributed by atoms with Crippen LogP contribution in [0.1, 0.15) is 12.0 Å². The lowest BCUT2D eigenvalue weighted by Gasteiger charge is -2.04. The highest BCUT2D eigenvalue weighted by molar-refractivity contribution is 6.36. The van der Waals surface area contributed by atoms with Crippen molar-refractivity contribution in [1.29, 1.82) is 0 Å². The molecule has 0 heterocycles. The molecule has 6 nitrogen and oxygen atoms in total. The highest BCUT2D eigenvalue weighted by atomic mass is 16.4. The van der Waals surface area contributed by atoms with Gasteiger partial charge in [-0.2, -0.15) is 0 Å². The van der Waals surface area contributed by atoms with Gasteiger partial charge in [0.15, 0.2) is 0 Å². The molecule has 0 radical (unpaired) electrons. The van der Waals surface area contributed by atoms with Gasteiger partial charge >= 0.3 is 11.9 Å². The average Bonchev–Trinajstić information content (AvgIpc) is 2.37. The number of aliphatic carboxylic acids is 1. The lowest BCUT2D eigenvalue weighted by atomic mass is 10.1. The Kier molecular flexibility index (Phi) is 4.86. The maximum atomic E-state index is 11.0. The van der Waals surface area contributed by atoms with Crippen molar-refractivity contribution >= 4 is 23.5 Å². The Morgan fingerprint density at radius 2 is 1.78 bits per heavy atom. The maximum absolute atomic E-state index is 11.0. The Balaban J connectivity index is 2.55. The van der Waals surface area contributed by atoms with Crippen LogP contribution in [0.4, 0.5) is 5.69 Å². The molecule has 0 aliphatic heterocycles. The molecule has 0 unspecified atom stereocenters. The first-order valence-electron chi connectivity index (χ1n) is 5.36. The SMILES string of the molecule is CNC(=O)CCc1ccc(NC(=O)C(=O)O)cc1. The molecule has 1 aromatic rings. The van der Waals surface area contributed by atoms with Crippen molar-refractivity contribution in [3.05, 3.63) is 29.8 Å². The van der Waals surface area contributed by atoms with Crippen molar-refractivity contribution in [3.8, 4) is 0 Å². The second-order valence-electron chi connectivity index (χ2n) is 3.63. The monoisotopic (exact) mass is 250 g/mol. The Morgan fingerprint density at radius 3 is 2.28 bits per heavy atom. The first kappa shape index (κ1) is 13.7. The minimum atomic E-state index is -1.53. The summed E-state index contributed by atoms with van der Waals surface area (Å²) in [6, 6.07) is 6.67. The second-order valence-corrected chi connectivity index (χ2v) is 3.63. The molecule has 0 aromatic heterocycles. The number of hydrogen-bond acceptors (Lipinski definition) is 3. The average molecular weight is 250 g/mol. The van der Waals surface area contributed by atoms with Gasteiger partial charge in [0.25, 0.3) is 0 Å². The van der Waals surface area contributed by atoms with Crippen LogP contribution in [0, 0.1) is 0 Å². The normalized spacial score (nSPS) is 9.61. The van der Waals surface area contributed by atoms with Crippen molar-refractivity contribution in [3.63, 3.8) is 0 Å². The topological polar surface area (TPSA) is 95.5 Å². The van der Waals surface area contributed by atoms with E-state index in [2.05, 4.69) is 10.6 Å². The summed E-state index contributed by atoms with van der Waals surface area (Å²) >= 11 is 0. The number of aryl methyl sites for hydroxylation is 1. The maximum Gasteiger partial charge on any atom is 0.394 e. The van der Waals surface area contributed by atoms with Crippen LogP contribution in [0.5, 0.6) is 0 Å². The number of carboxylic acid groups (broad SMARTS) is 1. The summed E-state index contributed by atoms with van der Waals surface area (Å²) in [6.07, 6.45) is 0.976. The summed E-state index contributed by atoms with van der Waals surface area (Å²) in [4.78, 5) is 32.3. The third-order valence-corrected chi connectivity index (χ3v) is 2.33. The molecule has 0 atom stereocenters. The number of carbonyl (C=O) groups excluding carboxylic acids is 2. The van der Waals surface area contributed by atoms with Gasteiger partial charge in [-0.1, -0.05) is 12.1 Å². The Hall–Kier alpha value is -2.37. The van der Waals surface area contributed by atoms with E-state index in [1.807, 2.05) is 0 Å². The second kappa shape index (κ2) is 6.39. The molecular weight excluding hydrogens is 236 g/mol. The first-order valence-corrected chi connectivity index (χ1v) is 5.36. The largest absolute Gasteiger partial charge is 0.474 e. The summed E-state index contributed by atoms with van der Waals surface area (Å²) in [5, 5.41) is 13.2. The number of nitrogens with one attached hydrogen (secondary N) is 2. The Bertz CT molecular complexity index is 454. The number of anilines is 1. The molecule has 0 saturated heterocycles. The van der Waals surface area contributed by atoms with Crippen molar-refractivity contribution < 1.29 is 19.5 Å². The number of rotatable bonds is 4. The zero-order chi connectivity index (χ0) is 13.5. The van der Waals surface area contributed by atoms with Crippen LogP contribution >= 0.6 is 0 Å². The molecule has 2 amide bonds. The summed E-state index contributed by atoms with van der Waals surface area (Å²) in [6.45, 7) is 0. The van der Waals surface area contributed by atoms with Gasteiger partial charge in [0.2, 0.25) is 5.91 Å². The summed E-state index contributed by atoms with van der Waals surface area (Å²) in [5.74, 6) is -2.65. The number of carbonyl (C=O) groups is 3. The van der Waals surface area contributed by atoms with Gasteiger partial charge in [0, 0.05) is 19.2 Å². The highest BCUT2D eigenvalue weighted by Gasteiger charge is 2.10. The van der Waals surface area contributed by atoms with E-state index in [0.29, 0.717) is 18.5 Å². The third-order valence-electron chi connectivity index (χ3n) is 2.33. The fourth-order valence-electron chi connectivity index (χ4n) is 1.32. The van der Waals surface area contributed by atoms with Gasteiger partial charge in [0.05, 0.1) is 0 Å². The molecule has 0 bridgehead atoms. The minimum absolute atomic E-state index is 0.0433. The van der Waals surface area contributed by atoms with Crippen LogP contribution in [-0.2, 0) is 20.8 Å². The van der Waals surface area contributed by atoms with E-state index < -0.39 is 11.9 Å². The number of amides is 2. The van der Waals surface area contributed by atoms with Gasteiger partial charge in [-0.25, -0.2) is 4.79 Å². The summed E-state index contributed by atoms with van der Waals surface area (Å²) in [5.41, 5.74) is 1.35. The molecule has 0 spiro atoms. The van der Waals surface area contributed by atoms with E-state index in [9.17, 15) is 14.4 Å².